The molecule has 0 aromatic heterocycles. The van der Waals surface area contributed by atoms with Gasteiger partial charge in [-0.3, -0.25) is 4.79 Å². The van der Waals surface area contributed by atoms with Gasteiger partial charge in [-0.1, -0.05) is 12.1 Å². The van der Waals surface area contributed by atoms with Crippen molar-refractivity contribution in [3.8, 4) is 0 Å². The zero-order valence-electron chi connectivity index (χ0n) is 11.7. The average Bonchev–Trinajstić information content (AvgIpc) is 2.43. The number of anilines is 1. The molecular formula is C14H19F3N2O2. The van der Waals surface area contributed by atoms with Crippen LogP contribution in [0.1, 0.15) is 25.3 Å². The number of carbonyl (C=O) groups excluding carboxylic acids is 1. The van der Waals surface area contributed by atoms with Crippen molar-refractivity contribution in [3.05, 3.63) is 29.8 Å². The molecule has 1 rings (SSSR count). The van der Waals surface area contributed by atoms with Gasteiger partial charge in [0.2, 0.25) is 0 Å². The lowest BCUT2D eigenvalue weighted by molar-refractivity contribution is -0.140. The van der Waals surface area contributed by atoms with Gasteiger partial charge in [-0.2, -0.15) is 13.2 Å². The van der Waals surface area contributed by atoms with E-state index in [1.807, 2.05) is 0 Å². The van der Waals surface area contributed by atoms with E-state index in [0.717, 1.165) is 5.56 Å². The van der Waals surface area contributed by atoms with E-state index >= 15 is 0 Å². The van der Waals surface area contributed by atoms with Crippen LogP contribution in [0.15, 0.2) is 24.3 Å². The first-order valence-corrected chi connectivity index (χ1v) is 6.60. The molecule has 0 aliphatic carbocycles. The highest BCUT2D eigenvalue weighted by atomic mass is 19.4. The van der Waals surface area contributed by atoms with E-state index in [1.165, 1.54) is 6.92 Å². The number of halogens is 3. The predicted molar refractivity (Wildman–Crippen MR) is 73.7 cm³/mol. The van der Waals surface area contributed by atoms with E-state index in [-0.39, 0.29) is 13.0 Å². The molecule has 1 aromatic carbocycles. The lowest BCUT2D eigenvalue weighted by Crippen LogP contribution is -2.28. The fourth-order valence-corrected chi connectivity index (χ4v) is 1.58. The highest BCUT2D eigenvalue weighted by molar-refractivity contribution is 5.93. The maximum atomic E-state index is 11.9. The van der Waals surface area contributed by atoms with Crippen LogP contribution in [-0.2, 0) is 16.1 Å². The van der Waals surface area contributed by atoms with Gasteiger partial charge in [0, 0.05) is 25.3 Å². The largest absolute Gasteiger partial charge is 0.389 e. The SMILES string of the molecule is CC(OCCCC(F)(F)F)C(=O)Nc1ccc(CN)cc1. The van der Waals surface area contributed by atoms with Crippen LogP contribution in [0, 0.1) is 0 Å². The van der Waals surface area contributed by atoms with Gasteiger partial charge in [0.05, 0.1) is 0 Å². The standard InChI is InChI=1S/C14H19F3N2O2/c1-10(21-8-2-7-14(15,16)17)13(20)19-12-5-3-11(9-18)4-6-12/h3-6,10H,2,7-9,18H2,1H3,(H,19,20). The Kier molecular flexibility index (Phi) is 6.64. The summed E-state index contributed by atoms with van der Waals surface area (Å²) in [5, 5.41) is 2.62. The third-order valence-corrected chi connectivity index (χ3v) is 2.80. The van der Waals surface area contributed by atoms with Crippen LogP contribution in [-0.4, -0.2) is 24.8 Å². The number of hydrogen-bond acceptors (Lipinski definition) is 3. The van der Waals surface area contributed by atoms with E-state index < -0.39 is 24.6 Å². The maximum absolute atomic E-state index is 11.9. The van der Waals surface area contributed by atoms with E-state index in [4.69, 9.17) is 10.5 Å². The summed E-state index contributed by atoms with van der Waals surface area (Å²) in [6.07, 6.45) is -6.08. The Hall–Kier alpha value is -1.60. The number of nitrogens with one attached hydrogen (secondary N) is 1. The first kappa shape index (κ1) is 17.5. The van der Waals surface area contributed by atoms with Crippen LogP contribution in [0.2, 0.25) is 0 Å². The highest BCUT2D eigenvalue weighted by Gasteiger charge is 2.26. The quantitative estimate of drug-likeness (QED) is 0.761. The number of carbonyl (C=O) groups is 1. The minimum Gasteiger partial charge on any atom is -0.369 e. The van der Waals surface area contributed by atoms with Gasteiger partial charge in [0.25, 0.3) is 5.91 Å². The topological polar surface area (TPSA) is 64.3 Å². The van der Waals surface area contributed by atoms with Crippen LogP contribution < -0.4 is 11.1 Å². The van der Waals surface area contributed by atoms with E-state index in [0.29, 0.717) is 12.2 Å². The third kappa shape index (κ3) is 7.10. The third-order valence-electron chi connectivity index (χ3n) is 2.80. The Balaban J connectivity index is 2.33. The molecule has 0 saturated carbocycles. The molecule has 1 amide bonds. The molecule has 1 atom stereocenters. The molecule has 118 valence electrons. The number of alkyl halides is 3. The first-order chi connectivity index (χ1) is 9.81. The lowest BCUT2D eigenvalue weighted by Gasteiger charge is -2.14. The Morgan fingerprint density at radius 1 is 1.33 bits per heavy atom. The molecule has 7 heteroatoms. The molecule has 0 heterocycles. The average molecular weight is 304 g/mol. The molecule has 0 fully saturated rings. The lowest BCUT2D eigenvalue weighted by atomic mass is 10.2. The van der Waals surface area contributed by atoms with Gasteiger partial charge in [0.1, 0.15) is 6.10 Å². The molecular weight excluding hydrogens is 285 g/mol. The number of rotatable bonds is 7. The number of ether oxygens (including phenoxy) is 1. The molecule has 1 unspecified atom stereocenters. The van der Waals surface area contributed by atoms with Crippen molar-refractivity contribution >= 4 is 11.6 Å². The van der Waals surface area contributed by atoms with Gasteiger partial charge in [-0.25, -0.2) is 0 Å². The summed E-state index contributed by atoms with van der Waals surface area (Å²) in [6.45, 7) is 1.80. The molecule has 0 saturated heterocycles. The van der Waals surface area contributed by atoms with Crippen molar-refractivity contribution < 1.29 is 22.7 Å². The second kappa shape index (κ2) is 7.99. The van der Waals surface area contributed by atoms with Crippen LogP contribution in [0.5, 0.6) is 0 Å². The van der Waals surface area contributed by atoms with Gasteiger partial charge in [-0.05, 0) is 31.0 Å². The van der Waals surface area contributed by atoms with Crippen LogP contribution in [0.25, 0.3) is 0 Å². The van der Waals surface area contributed by atoms with Gasteiger partial charge in [0.15, 0.2) is 0 Å². The predicted octanol–water partition coefficient (Wildman–Crippen LogP) is 2.83. The number of nitrogens with two attached hydrogens (primary N) is 1. The van der Waals surface area contributed by atoms with Crippen LogP contribution >= 0.6 is 0 Å². The molecule has 21 heavy (non-hydrogen) atoms. The molecule has 4 nitrogen and oxygen atoms in total. The molecule has 0 aliphatic rings. The van der Waals surface area contributed by atoms with Crippen LogP contribution in [0.3, 0.4) is 0 Å². The summed E-state index contributed by atoms with van der Waals surface area (Å²) in [6, 6.07) is 6.97. The zero-order valence-corrected chi connectivity index (χ0v) is 11.7. The summed E-state index contributed by atoms with van der Waals surface area (Å²) < 4.78 is 40.9. The van der Waals surface area contributed by atoms with E-state index in [9.17, 15) is 18.0 Å². The van der Waals surface area contributed by atoms with Crippen molar-refractivity contribution in [1.82, 2.24) is 0 Å². The molecule has 0 radical (unpaired) electrons. The Morgan fingerprint density at radius 3 is 2.48 bits per heavy atom. The molecule has 0 bridgehead atoms. The van der Waals surface area contributed by atoms with Crippen molar-refractivity contribution in [3.63, 3.8) is 0 Å². The molecule has 0 spiro atoms. The minimum absolute atomic E-state index is 0.111. The second-order valence-electron chi connectivity index (χ2n) is 4.62. The van der Waals surface area contributed by atoms with Crippen molar-refractivity contribution in [2.24, 2.45) is 5.73 Å². The second-order valence-corrected chi connectivity index (χ2v) is 4.62. The smallest absolute Gasteiger partial charge is 0.369 e. The molecule has 1 aromatic rings. The summed E-state index contributed by atoms with van der Waals surface area (Å²) in [5.74, 6) is -0.400. The monoisotopic (exact) mass is 304 g/mol. The first-order valence-electron chi connectivity index (χ1n) is 6.60. The van der Waals surface area contributed by atoms with E-state index in [2.05, 4.69) is 5.32 Å². The van der Waals surface area contributed by atoms with Crippen molar-refractivity contribution in [2.75, 3.05) is 11.9 Å². The number of benzene rings is 1. The number of amides is 1. The van der Waals surface area contributed by atoms with E-state index in [1.54, 1.807) is 24.3 Å². The summed E-state index contributed by atoms with van der Waals surface area (Å²) in [4.78, 5) is 11.8. The van der Waals surface area contributed by atoms with Gasteiger partial charge in [-0.15, -0.1) is 0 Å². The fraction of sp³-hybridized carbons (Fsp3) is 0.500. The maximum Gasteiger partial charge on any atom is 0.389 e. The summed E-state index contributed by atoms with van der Waals surface area (Å²) in [5.41, 5.74) is 6.98. The summed E-state index contributed by atoms with van der Waals surface area (Å²) in [7, 11) is 0. The molecule has 0 aliphatic heterocycles. The Labute approximate surface area is 121 Å². The van der Waals surface area contributed by atoms with Gasteiger partial charge >= 0.3 is 6.18 Å². The Bertz CT molecular complexity index is 447. The summed E-state index contributed by atoms with van der Waals surface area (Å²) >= 11 is 0. The number of hydrogen-bond donors (Lipinski definition) is 2. The molecule has 3 N–H and O–H groups in total. The van der Waals surface area contributed by atoms with Crippen molar-refractivity contribution in [1.29, 1.82) is 0 Å². The minimum atomic E-state index is -4.19. The van der Waals surface area contributed by atoms with Gasteiger partial charge < -0.3 is 15.8 Å². The fourth-order valence-electron chi connectivity index (χ4n) is 1.58. The van der Waals surface area contributed by atoms with Crippen LogP contribution in [0.4, 0.5) is 18.9 Å². The zero-order chi connectivity index (χ0) is 15.9. The van der Waals surface area contributed by atoms with Crippen molar-refractivity contribution in [2.45, 2.75) is 38.6 Å². The highest BCUT2D eigenvalue weighted by Crippen LogP contribution is 2.21. The normalized spacial score (nSPS) is 13.0. The Morgan fingerprint density at radius 2 is 1.95 bits per heavy atom.